The van der Waals surface area contributed by atoms with Gasteiger partial charge in [0.1, 0.15) is 6.10 Å². The molecule has 3 N–H and O–H groups in total. The van der Waals surface area contributed by atoms with Gasteiger partial charge in [-0.05, 0) is 25.7 Å². The molecule has 1 amide bonds. The van der Waals surface area contributed by atoms with Gasteiger partial charge >= 0.3 is 5.97 Å². The lowest BCUT2D eigenvalue weighted by Gasteiger charge is -2.24. The van der Waals surface area contributed by atoms with Crippen LogP contribution in [0.25, 0.3) is 0 Å². The molecule has 70 heavy (non-hydrogen) atoms. The Bertz CT molecular complexity index is 1020. The van der Waals surface area contributed by atoms with Crippen LogP contribution >= 0.6 is 0 Å². The number of rotatable bonds is 60. The Labute approximate surface area is 438 Å². The lowest BCUT2D eigenvalue weighted by atomic mass is 10.0. The second kappa shape index (κ2) is 58.7. The lowest BCUT2D eigenvalue weighted by molar-refractivity contribution is -0.151. The van der Waals surface area contributed by atoms with E-state index in [1.807, 2.05) is 0 Å². The van der Waals surface area contributed by atoms with E-state index in [2.05, 4.69) is 26.1 Å². The summed E-state index contributed by atoms with van der Waals surface area (Å²) in [4.78, 5) is 26.4. The molecule has 0 aromatic carbocycles. The normalized spacial score (nSPS) is 12.9. The number of hydrogen-bond donors (Lipinski definition) is 3. The zero-order chi connectivity index (χ0) is 50.9. The van der Waals surface area contributed by atoms with Crippen molar-refractivity contribution >= 4 is 11.9 Å². The number of hydrogen-bond acceptors (Lipinski definition) is 5. The van der Waals surface area contributed by atoms with Crippen LogP contribution in [0.15, 0.2) is 0 Å². The molecule has 418 valence electrons. The number of nitrogens with one attached hydrogen (secondary N) is 1. The van der Waals surface area contributed by atoms with Gasteiger partial charge in [0.25, 0.3) is 0 Å². The van der Waals surface area contributed by atoms with E-state index >= 15 is 0 Å². The van der Waals surface area contributed by atoms with Gasteiger partial charge in [-0.1, -0.05) is 335 Å². The maximum absolute atomic E-state index is 13.3. The first-order valence-electron chi connectivity index (χ1n) is 32.3. The van der Waals surface area contributed by atoms with Gasteiger partial charge in [-0.25, -0.2) is 0 Å². The molecule has 0 aromatic heterocycles. The summed E-state index contributed by atoms with van der Waals surface area (Å²) >= 11 is 0. The van der Waals surface area contributed by atoms with E-state index in [-0.39, 0.29) is 24.9 Å². The van der Waals surface area contributed by atoms with Crippen LogP contribution in [0.3, 0.4) is 0 Å². The Morgan fingerprint density at radius 2 is 0.600 bits per heavy atom. The maximum atomic E-state index is 13.3. The average Bonchev–Trinajstić information content (AvgIpc) is 3.35. The number of carbonyl (C=O) groups excluding carboxylic acids is 2. The molecule has 0 heterocycles. The van der Waals surface area contributed by atoms with Gasteiger partial charge in [0.2, 0.25) is 5.91 Å². The van der Waals surface area contributed by atoms with E-state index in [0.29, 0.717) is 19.3 Å². The quantitative estimate of drug-likeness (QED) is 0.0417. The predicted octanol–water partition coefficient (Wildman–Crippen LogP) is 20.3. The van der Waals surface area contributed by atoms with Gasteiger partial charge in [0, 0.05) is 6.42 Å². The molecule has 0 rings (SSSR count). The fourth-order valence-corrected chi connectivity index (χ4v) is 10.6. The average molecular weight is 991 g/mol. The summed E-state index contributed by atoms with van der Waals surface area (Å²) in [6.07, 6.45) is 67.5. The van der Waals surface area contributed by atoms with Gasteiger partial charge in [0.15, 0.2) is 0 Å². The van der Waals surface area contributed by atoms with E-state index < -0.39 is 18.2 Å². The molecule has 0 saturated carbocycles. The van der Waals surface area contributed by atoms with Crippen LogP contribution in [-0.2, 0) is 14.3 Å². The number of ether oxygens (including phenoxy) is 1. The van der Waals surface area contributed by atoms with Gasteiger partial charge in [0.05, 0.1) is 25.2 Å². The van der Waals surface area contributed by atoms with Crippen molar-refractivity contribution in [2.24, 2.45) is 0 Å². The summed E-state index contributed by atoms with van der Waals surface area (Å²) in [6, 6.07) is -0.694. The highest BCUT2D eigenvalue weighted by atomic mass is 16.5. The van der Waals surface area contributed by atoms with Gasteiger partial charge in [-0.2, -0.15) is 0 Å². The van der Waals surface area contributed by atoms with Crippen LogP contribution in [0.1, 0.15) is 374 Å². The number of amides is 1. The SMILES string of the molecule is CCCCCCCCCCCCCCCCCCCC(=O)OC(CCCCCCCCCCCCCCCCCCC)CC(=O)NC(CO)C(O)CCCCCCCCCCCCCCCCCCC. The van der Waals surface area contributed by atoms with Crippen LogP contribution in [0.5, 0.6) is 0 Å². The van der Waals surface area contributed by atoms with Crippen molar-refractivity contribution in [2.75, 3.05) is 6.61 Å². The van der Waals surface area contributed by atoms with Gasteiger partial charge in [-0.15, -0.1) is 0 Å². The lowest BCUT2D eigenvalue weighted by Crippen LogP contribution is -2.46. The molecule has 3 atom stereocenters. The minimum Gasteiger partial charge on any atom is -0.462 e. The standard InChI is InChI=1S/C64H127NO5/c1-4-7-10-13-16-19-22-25-28-31-34-37-40-43-46-49-52-55-60(70-64(69)57-54-51-48-45-42-39-36-33-30-27-24-21-18-15-12-9-6-3)58-63(68)65-61(59-66)62(67)56-53-50-47-44-41-38-35-32-29-26-23-20-17-14-11-8-5-2/h60-62,66-67H,4-59H2,1-3H3,(H,65,68). The van der Waals surface area contributed by atoms with E-state index in [1.165, 1.54) is 289 Å². The zero-order valence-corrected chi connectivity index (χ0v) is 47.9. The highest BCUT2D eigenvalue weighted by Gasteiger charge is 2.24. The molecule has 0 spiro atoms. The minimum atomic E-state index is -0.781. The van der Waals surface area contributed by atoms with E-state index in [1.54, 1.807) is 0 Å². The van der Waals surface area contributed by atoms with Crippen molar-refractivity contribution < 1.29 is 24.5 Å². The first-order valence-corrected chi connectivity index (χ1v) is 32.3. The third kappa shape index (κ3) is 53.2. The molecule has 6 nitrogen and oxygen atoms in total. The highest BCUT2D eigenvalue weighted by molar-refractivity contribution is 5.77. The molecule has 0 radical (unpaired) electrons. The monoisotopic (exact) mass is 990 g/mol. The Balaban J connectivity index is 4.46. The molecule has 3 unspecified atom stereocenters. The Hall–Kier alpha value is -1.14. The van der Waals surface area contributed by atoms with Crippen molar-refractivity contribution in [1.82, 2.24) is 5.32 Å². The van der Waals surface area contributed by atoms with Gasteiger partial charge in [-0.3, -0.25) is 9.59 Å². The van der Waals surface area contributed by atoms with Crippen LogP contribution in [0.4, 0.5) is 0 Å². The van der Waals surface area contributed by atoms with E-state index in [9.17, 15) is 19.8 Å². The fourth-order valence-electron chi connectivity index (χ4n) is 10.6. The third-order valence-corrected chi connectivity index (χ3v) is 15.4. The van der Waals surface area contributed by atoms with Crippen LogP contribution in [0.2, 0.25) is 0 Å². The summed E-state index contributed by atoms with van der Waals surface area (Å²) in [5.74, 6) is -0.439. The van der Waals surface area contributed by atoms with Crippen molar-refractivity contribution in [3.05, 3.63) is 0 Å². The predicted molar refractivity (Wildman–Crippen MR) is 306 cm³/mol. The Morgan fingerprint density at radius 1 is 0.357 bits per heavy atom. The van der Waals surface area contributed by atoms with Crippen LogP contribution in [-0.4, -0.2) is 46.9 Å². The first kappa shape index (κ1) is 68.9. The molecule has 0 fully saturated rings. The molecule has 6 heteroatoms. The summed E-state index contributed by atoms with van der Waals surface area (Å²) in [5.41, 5.74) is 0. The molecular weight excluding hydrogens is 863 g/mol. The topological polar surface area (TPSA) is 95.9 Å². The smallest absolute Gasteiger partial charge is 0.306 e. The Kier molecular flexibility index (Phi) is 57.8. The summed E-state index contributed by atoms with van der Waals surface area (Å²) < 4.78 is 6.00. The molecule has 0 bridgehead atoms. The van der Waals surface area contributed by atoms with Gasteiger partial charge < -0.3 is 20.3 Å². The number of esters is 1. The molecule has 0 aliphatic heterocycles. The van der Waals surface area contributed by atoms with E-state index in [0.717, 1.165) is 38.5 Å². The summed E-state index contributed by atoms with van der Waals surface area (Å²) in [6.45, 7) is 6.56. The molecule has 0 saturated heterocycles. The first-order chi connectivity index (χ1) is 34.5. The van der Waals surface area contributed by atoms with Crippen molar-refractivity contribution in [1.29, 1.82) is 0 Å². The molecule has 0 aliphatic carbocycles. The van der Waals surface area contributed by atoms with Crippen LogP contribution < -0.4 is 5.32 Å². The second-order valence-electron chi connectivity index (χ2n) is 22.5. The number of aliphatic hydroxyl groups excluding tert-OH is 2. The highest BCUT2D eigenvalue weighted by Crippen LogP contribution is 2.20. The zero-order valence-electron chi connectivity index (χ0n) is 47.9. The number of carbonyl (C=O) groups is 2. The summed E-state index contributed by atoms with van der Waals surface area (Å²) in [7, 11) is 0. The number of unbranched alkanes of at least 4 members (excludes halogenated alkanes) is 48. The Morgan fingerprint density at radius 3 is 0.871 bits per heavy atom. The maximum Gasteiger partial charge on any atom is 0.306 e. The van der Waals surface area contributed by atoms with Crippen molar-refractivity contribution in [2.45, 2.75) is 392 Å². The number of aliphatic hydroxyl groups is 2. The molecular formula is C64H127NO5. The van der Waals surface area contributed by atoms with Crippen LogP contribution in [0, 0.1) is 0 Å². The minimum absolute atomic E-state index is 0.0893. The fraction of sp³-hybridized carbons (Fsp3) is 0.969. The van der Waals surface area contributed by atoms with E-state index in [4.69, 9.17) is 4.74 Å². The third-order valence-electron chi connectivity index (χ3n) is 15.4. The molecule has 0 aliphatic rings. The molecule has 0 aromatic rings. The largest absolute Gasteiger partial charge is 0.462 e. The summed E-state index contributed by atoms with van der Waals surface area (Å²) in [5, 5.41) is 24.0. The van der Waals surface area contributed by atoms with Crippen molar-refractivity contribution in [3.8, 4) is 0 Å². The second-order valence-corrected chi connectivity index (χ2v) is 22.5. The van der Waals surface area contributed by atoms with Crippen molar-refractivity contribution in [3.63, 3.8) is 0 Å².